The molecule has 2 aromatic rings. The van der Waals surface area contributed by atoms with Crippen molar-refractivity contribution in [3.05, 3.63) is 38.9 Å². The molecule has 1 aliphatic rings. The van der Waals surface area contributed by atoms with Crippen LogP contribution in [0, 0.1) is 16.0 Å². The van der Waals surface area contributed by atoms with Crippen molar-refractivity contribution in [2.24, 2.45) is 11.7 Å². The Kier molecular flexibility index (Phi) is 7.59. The summed E-state index contributed by atoms with van der Waals surface area (Å²) in [6.45, 7) is 0.884. The van der Waals surface area contributed by atoms with Crippen LogP contribution in [-0.4, -0.2) is 28.0 Å². The summed E-state index contributed by atoms with van der Waals surface area (Å²) in [4.78, 5) is 34.5. The molecule has 1 aromatic carbocycles. The van der Waals surface area contributed by atoms with Gasteiger partial charge in [-0.25, -0.2) is 4.79 Å². The summed E-state index contributed by atoms with van der Waals surface area (Å²) in [5.74, 6) is -0.294. The molecule has 0 aliphatic heterocycles. The van der Waals surface area contributed by atoms with E-state index in [1.807, 2.05) is 0 Å². The Bertz CT molecular complexity index is 894. The second-order valence-electron chi connectivity index (χ2n) is 6.99. The second kappa shape index (κ2) is 9.70. The van der Waals surface area contributed by atoms with Gasteiger partial charge < -0.3 is 15.5 Å². The van der Waals surface area contributed by atoms with Crippen molar-refractivity contribution in [1.29, 1.82) is 0 Å². The molecule has 28 heavy (non-hydrogen) atoms. The number of fused-ring (bicyclic) bond motifs is 1. The SMILES string of the molecule is Cl.NCC1CCCCC1NC(=O)CCCn1c(=O)oc2cc([N+](=O)[O-])ccc21. The first-order valence-corrected chi connectivity index (χ1v) is 9.27. The third-order valence-corrected chi connectivity index (χ3v) is 5.21. The van der Waals surface area contributed by atoms with Gasteiger partial charge in [0, 0.05) is 25.1 Å². The molecule has 9 nitrogen and oxygen atoms in total. The molecule has 3 rings (SSSR count). The van der Waals surface area contributed by atoms with E-state index in [0.29, 0.717) is 37.4 Å². The van der Waals surface area contributed by atoms with Gasteiger partial charge in [-0.2, -0.15) is 0 Å². The van der Waals surface area contributed by atoms with Crippen LogP contribution in [0.1, 0.15) is 38.5 Å². The Balaban J connectivity index is 0.00000280. The third kappa shape index (κ3) is 4.90. The third-order valence-electron chi connectivity index (χ3n) is 5.21. The van der Waals surface area contributed by atoms with E-state index in [2.05, 4.69) is 5.32 Å². The normalized spacial score (nSPS) is 19.2. The standard InChI is InChI=1S/C18H24N4O5.ClH/c19-11-12-4-1-2-5-14(12)20-17(23)6-3-9-21-15-8-7-13(22(25)26)10-16(15)27-18(21)24;/h7-8,10,12,14H,1-6,9,11,19H2,(H,20,23);1H. The summed E-state index contributed by atoms with van der Waals surface area (Å²) in [6.07, 6.45) is 5.02. The summed E-state index contributed by atoms with van der Waals surface area (Å²) in [7, 11) is 0. The monoisotopic (exact) mass is 412 g/mol. The average molecular weight is 413 g/mol. The molecule has 2 atom stereocenters. The lowest BCUT2D eigenvalue weighted by atomic mass is 9.84. The predicted molar refractivity (Wildman–Crippen MR) is 107 cm³/mol. The van der Waals surface area contributed by atoms with Crippen LogP contribution in [0.15, 0.2) is 27.4 Å². The van der Waals surface area contributed by atoms with Crippen LogP contribution in [0.5, 0.6) is 0 Å². The zero-order chi connectivity index (χ0) is 19.4. The number of nitrogens with two attached hydrogens (primary N) is 1. The summed E-state index contributed by atoms with van der Waals surface area (Å²) in [5, 5.41) is 13.9. The van der Waals surface area contributed by atoms with E-state index in [1.165, 1.54) is 22.8 Å². The molecule has 1 heterocycles. The van der Waals surface area contributed by atoms with E-state index in [9.17, 15) is 19.7 Å². The fourth-order valence-electron chi connectivity index (χ4n) is 3.74. The van der Waals surface area contributed by atoms with Crippen LogP contribution >= 0.6 is 12.4 Å². The lowest BCUT2D eigenvalue weighted by Crippen LogP contribution is -2.44. The molecule has 0 saturated heterocycles. The van der Waals surface area contributed by atoms with Crippen molar-refractivity contribution in [1.82, 2.24) is 9.88 Å². The van der Waals surface area contributed by atoms with Gasteiger partial charge in [-0.3, -0.25) is 19.5 Å². The van der Waals surface area contributed by atoms with Gasteiger partial charge in [0.15, 0.2) is 5.58 Å². The van der Waals surface area contributed by atoms with Gasteiger partial charge in [-0.15, -0.1) is 12.4 Å². The molecular weight excluding hydrogens is 388 g/mol. The van der Waals surface area contributed by atoms with Gasteiger partial charge >= 0.3 is 5.76 Å². The van der Waals surface area contributed by atoms with Crippen molar-refractivity contribution in [3.63, 3.8) is 0 Å². The van der Waals surface area contributed by atoms with Crippen LogP contribution in [-0.2, 0) is 11.3 Å². The first-order chi connectivity index (χ1) is 13.0. The number of carbonyl (C=O) groups excluding carboxylic acids is 1. The number of hydrogen-bond acceptors (Lipinski definition) is 6. The van der Waals surface area contributed by atoms with E-state index >= 15 is 0 Å². The Morgan fingerprint density at radius 2 is 2.11 bits per heavy atom. The number of amides is 1. The molecule has 154 valence electrons. The van der Waals surface area contributed by atoms with Crippen LogP contribution in [0.3, 0.4) is 0 Å². The zero-order valence-corrected chi connectivity index (χ0v) is 16.3. The number of halogens is 1. The number of nitro groups is 1. The highest BCUT2D eigenvalue weighted by Crippen LogP contribution is 2.24. The molecule has 3 N–H and O–H groups in total. The fraction of sp³-hybridized carbons (Fsp3) is 0.556. The number of oxazole rings is 1. The molecule has 10 heteroatoms. The van der Waals surface area contributed by atoms with Crippen molar-refractivity contribution in [2.45, 2.75) is 51.1 Å². The maximum atomic E-state index is 12.2. The molecule has 1 aromatic heterocycles. The number of nitro benzene ring substituents is 1. The van der Waals surface area contributed by atoms with E-state index < -0.39 is 10.7 Å². The number of rotatable bonds is 7. The summed E-state index contributed by atoms with van der Waals surface area (Å²) >= 11 is 0. The smallest absolute Gasteiger partial charge is 0.407 e. The lowest BCUT2D eigenvalue weighted by Gasteiger charge is -2.31. The number of aromatic nitrogens is 1. The van der Waals surface area contributed by atoms with Crippen LogP contribution in [0.4, 0.5) is 5.69 Å². The molecule has 1 saturated carbocycles. The molecule has 0 spiro atoms. The minimum absolute atomic E-state index is 0. The Morgan fingerprint density at radius 3 is 2.82 bits per heavy atom. The highest BCUT2D eigenvalue weighted by atomic mass is 35.5. The average Bonchev–Trinajstić information content (AvgIpc) is 2.96. The predicted octanol–water partition coefficient (Wildman–Crippen LogP) is 2.34. The van der Waals surface area contributed by atoms with Crippen molar-refractivity contribution < 1.29 is 14.1 Å². The molecule has 2 unspecified atom stereocenters. The first-order valence-electron chi connectivity index (χ1n) is 9.27. The number of benzene rings is 1. The fourth-order valence-corrected chi connectivity index (χ4v) is 3.74. The zero-order valence-electron chi connectivity index (χ0n) is 15.5. The van der Waals surface area contributed by atoms with E-state index in [1.54, 1.807) is 0 Å². The van der Waals surface area contributed by atoms with Crippen molar-refractivity contribution >= 4 is 35.1 Å². The van der Waals surface area contributed by atoms with Crippen LogP contribution in [0.2, 0.25) is 0 Å². The highest BCUT2D eigenvalue weighted by Gasteiger charge is 2.25. The first kappa shape index (κ1) is 21.9. The van der Waals surface area contributed by atoms with Crippen molar-refractivity contribution in [3.8, 4) is 0 Å². The van der Waals surface area contributed by atoms with Gasteiger partial charge in [-0.05, 0) is 37.8 Å². The minimum atomic E-state index is -0.582. The van der Waals surface area contributed by atoms with Gasteiger partial charge in [0.2, 0.25) is 5.91 Å². The van der Waals surface area contributed by atoms with Gasteiger partial charge in [0.05, 0.1) is 16.5 Å². The Hall–Kier alpha value is -2.39. The maximum absolute atomic E-state index is 12.2. The lowest BCUT2D eigenvalue weighted by molar-refractivity contribution is -0.384. The summed E-state index contributed by atoms with van der Waals surface area (Å²) in [5.41, 5.74) is 6.32. The van der Waals surface area contributed by atoms with Crippen LogP contribution < -0.4 is 16.8 Å². The van der Waals surface area contributed by atoms with E-state index in [0.717, 1.165) is 25.7 Å². The Morgan fingerprint density at radius 1 is 1.36 bits per heavy atom. The number of nitrogens with zero attached hydrogens (tertiary/aromatic N) is 2. The summed E-state index contributed by atoms with van der Waals surface area (Å²) in [6, 6.07) is 4.19. The molecular formula is C18H25ClN4O5. The van der Waals surface area contributed by atoms with Gasteiger partial charge in [0.1, 0.15) is 0 Å². The maximum Gasteiger partial charge on any atom is 0.419 e. The number of non-ortho nitro benzene ring substituents is 1. The second-order valence-corrected chi connectivity index (χ2v) is 6.99. The number of carbonyl (C=O) groups is 1. The van der Waals surface area contributed by atoms with Crippen LogP contribution in [0.25, 0.3) is 11.1 Å². The van der Waals surface area contributed by atoms with Gasteiger partial charge in [-0.1, -0.05) is 12.8 Å². The van der Waals surface area contributed by atoms with E-state index in [4.69, 9.17) is 10.2 Å². The molecule has 0 bridgehead atoms. The highest BCUT2D eigenvalue weighted by molar-refractivity contribution is 5.85. The molecule has 0 radical (unpaired) electrons. The number of hydrogen-bond donors (Lipinski definition) is 2. The van der Waals surface area contributed by atoms with Crippen molar-refractivity contribution in [2.75, 3.05) is 6.54 Å². The van der Waals surface area contributed by atoms with E-state index in [-0.39, 0.29) is 35.6 Å². The molecule has 1 amide bonds. The quantitative estimate of drug-likeness (QED) is 0.529. The Labute approximate surface area is 167 Å². The minimum Gasteiger partial charge on any atom is -0.407 e. The number of nitrogens with one attached hydrogen (secondary N) is 1. The summed E-state index contributed by atoms with van der Waals surface area (Å²) < 4.78 is 6.48. The molecule has 1 fully saturated rings. The van der Waals surface area contributed by atoms with Gasteiger partial charge in [0.25, 0.3) is 5.69 Å². The number of aryl methyl sites for hydroxylation is 1. The molecule has 1 aliphatic carbocycles. The topological polar surface area (TPSA) is 133 Å². The largest absolute Gasteiger partial charge is 0.419 e.